The van der Waals surface area contributed by atoms with Crippen LogP contribution >= 0.6 is 0 Å². The molecule has 0 spiro atoms. The second kappa shape index (κ2) is 25.0. The Morgan fingerprint density at radius 3 is 0.870 bits per heavy atom. The van der Waals surface area contributed by atoms with E-state index >= 15 is 0 Å². The van der Waals surface area contributed by atoms with Gasteiger partial charge in [0.1, 0.15) is 0 Å². The summed E-state index contributed by atoms with van der Waals surface area (Å²) in [5.41, 5.74) is 19.0. The standard InChI is InChI=1S/C88H50N12/c89-51-55-32-38-69(67(44-55)53-91)63-36-42-79-75(47-63)73-28-13-15-30-77(73)99(79)81-49-65(87-95-83(57-18-5-1-6-19-57)93-84(96-87)58-20-7-2-8-21-58)34-40-71(81)61-26-17-27-62(46-61)72-41-35-66(88-97-85(59-22-9-3-10-23-59)94-86(98-88)60-24-11-4-12-25-60)50-82(72)100-78-31-16-14-29-74(78)76-48-64(37-43-80(76)100)70-39-33-56(52-90)45-68(70)54-92/h1-50H. The molecule has 462 valence electrons. The number of para-hydroxylation sites is 2. The molecular formula is C88H50N12. The molecule has 12 nitrogen and oxygen atoms in total. The van der Waals surface area contributed by atoms with Gasteiger partial charge in [0.15, 0.2) is 34.9 Å². The lowest BCUT2D eigenvalue weighted by atomic mass is 9.94. The SMILES string of the molecule is N#Cc1ccc(-c2ccc3c(c2)c2ccccc2n3-c2cc(-c3nc(-c4ccccc4)nc(-c4ccccc4)n3)ccc2-c2cccc(-c3ccc(-c4nc(-c5ccccc5)nc(-c5ccccc5)n4)cc3-n3c4ccccc4c4cc(-c5ccc(C#N)cc5C#N)ccc43)c2)c(C#N)c1. The van der Waals surface area contributed by atoms with Gasteiger partial charge in [-0.1, -0.05) is 224 Å². The average molecular weight is 1280 g/mol. The number of hydrogen-bond acceptors (Lipinski definition) is 10. The Kier molecular flexibility index (Phi) is 14.8. The lowest BCUT2D eigenvalue weighted by Gasteiger charge is -2.19. The lowest BCUT2D eigenvalue weighted by molar-refractivity contribution is 1.07. The molecule has 0 radical (unpaired) electrons. The highest BCUT2D eigenvalue weighted by molar-refractivity contribution is 6.13. The number of nitrogens with zero attached hydrogens (tertiary/aromatic N) is 12. The van der Waals surface area contributed by atoms with Gasteiger partial charge in [-0.2, -0.15) is 21.0 Å². The summed E-state index contributed by atoms with van der Waals surface area (Å²) in [6.45, 7) is 0. The smallest absolute Gasteiger partial charge is 0.164 e. The van der Waals surface area contributed by atoms with Gasteiger partial charge in [-0.25, -0.2) is 29.9 Å². The maximum Gasteiger partial charge on any atom is 0.164 e. The van der Waals surface area contributed by atoms with Crippen LogP contribution in [0.15, 0.2) is 303 Å². The summed E-state index contributed by atoms with van der Waals surface area (Å²) in [6.07, 6.45) is 0. The van der Waals surface area contributed by atoms with E-state index in [-0.39, 0.29) is 0 Å². The Bertz CT molecular complexity index is 5830. The third-order valence-corrected chi connectivity index (χ3v) is 18.4. The van der Waals surface area contributed by atoms with Gasteiger partial charge in [0, 0.05) is 66.1 Å². The highest BCUT2D eigenvalue weighted by Crippen LogP contribution is 2.44. The molecule has 100 heavy (non-hydrogen) atoms. The van der Waals surface area contributed by atoms with Crippen LogP contribution in [-0.4, -0.2) is 39.0 Å². The summed E-state index contributed by atoms with van der Waals surface area (Å²) in [5.74, 6) is 3.16. The molecule has 0 unspecified atom stereocenters. The summed E-state index contributed by atoms with van der Waals surface area (Å²) >= 11 is 0. The van der Waals surface area contributed by atoms with Crippen molar-refractivity contribution < 1.29 is 0 Å². The van der Waals surface area contributed by atoms with Gasteiger partial charge in [0.2, 0.25) is 0 Å². The lowest BCUT2D eigenvalue weighted by Crippen LogP contribution is -2.03. The van der Waals surface area contributed by atoms with E-state index in [0.717, 1.165) is 133 Å². The van der Waals surface area contributed by atoms with Gasteiger partial charge in [0.25, 0.3) is 0 Å². The number of hydrogen-bond donors (Lipinski definition) is 0. The fourth-order valence-corrected chi connectivity index (χ4v) is 13.6. The maximum absolute atomic E-state index is 10.4. The zero-order chi connectivity index (χ0) is 67.2. The predicted octanol–water partition coefficient (Wildman–Crippen LogP) is 20.4. The van der Waals surface area contributed by atoms with Crippen LogP contribution < -0.4 is 0 Å². The fourth-order valence-electron chi connectivity index (χ4n) is 13.6. The molecule has 0 amide bonds. The number of rotatable bonds is 12. The first kappa shape index (κ1) is 59.2. The van der Waals surface area contributed by atoms with Crippen molar-refractivity contribution in [3.63, 3.8) is 0 Å². The minimum atomic E-state index is 0.416. The first-order valence-corrected chi connectivity index (χ1v) is 32.5. The van der Waals surface area contributed by atoms with E-state index in [1.165, 1.54) is 0 Å². The monoisotopic (exact) mass is 1270 g/mol. The summed E-state index contributed by atoms with van der Waals surface area (Å²) in [5, 5.41) is 44.4. The number of benzene rings is 13. The molecule has 17 aromatic rings. The van der Waals surface area contributed by atoms with E-state index in [1.54, 1.807) is 24.3 Å². The van der Waals surface area contributed by atoms with Crippen molar-refractivity contribution in [3.05, 3.63) is 326 Å². The minimum Gasteiger partial charge on any atom is -0.309 e. The molecule has 0 fully saturated rings. The van der Waals surface area contributed by atoms with E-state index in [0.29, 0.717) is 57.2 Å². The summed E-state index contributed by atoms with van der Waals surface area (Å²) < 4.78 is 4.63. The van der Waals surface area contributed by atoms with Crippen LogP contribution in [0, 0.1) is 45.3 Å². The summed E-state index contributed by atoms with van der Waals surface area (Å²) in [6, 6.07) is 110. The topological polar surface area (TPSA) is 182 Å². The highest BCUT2D eigenvalue weighted by Gasteiger charge is 2.24. The van der Waals surface area contributed by atoms with Crippen LogP contribution in [0.25, 0.3) is 168 Å². The predicted molar refractivity (Wildman–Crippen MR) is 395 cm³/mol. The molecular weight excluding hydrogens is 1230 g/mol. The van der Waals surface area contributed by atoms with Crippen LogP contribution in [0.3, 0.4) is 0 Å². The third kappa shape index (κ3) is 10.6. The van der Waals surface area contributed by atoms with Gasteiger partial charge in [0.05, 0.1) is 80.0 Å². The van der Waals surface area contributed by atoms with Gasteiger partial charge in [-0.15, -0.1) is 0 Å². The Morgan fingerprint density at radius 1 is 0.210 bits per heavy atom. The second-order valence-electron chi connectivity index (χ2n) is 24.3. The molecule has 0 saturated carbocycles. The highest BCUT2D eigenvalue weighted by atomic mass is 15.1. The van der Waals surface area contributed by atoms with E-state index in [9.17, 15) is 21.0 Å². The quantitative estimate of drug-likeness (QED) is 0.114. The largest absolute Gasteiger partial charge is 0.309 e. The average Bonchev–Trinajstić information content (AvgIpc) is 1.58. The summed E-state index contributed by atoms with van der Waals surface area (Å²) in [4.78, 5) is 31.1. The van der Waals surface area contributed by atoms with Crippen molar-refractivity contribution in [2.24, 2.45) is 0 Å². The van der Waals surface area contributed by atoms with E-state index in [1.807, 2.05) is 158 Å². The van der Waals surface area contributed by atoms with Crippen molar-refractivity contribution in [2.45, 2.75) is 0 Å². The minimum absolute atomic E-state index is 0.416. The number of nitriles is 4. The van der Waals surface area contributed by atoms with Crippen LogP contribution in [0.5, 0.6) is 0 Å². The van der Waals surface area contributed by atoms with Crippen LogP contribution in [0.4, 0.5) is 0 Å². The molecule has 0 N–H and O–H groups in total. The van der Waals surface area contributed by atoms with Crippen LogP contribution in [0.2, 0.25) is 0 Å². The van der Waals surface area contributed by atoms with Crippen molar-refractivity contribution >= 4 is 43.6 Å². The Labute approximate surface area is 574 Å². The summed E-state index contributed by atoms with van der Waals surface area (Å²) in [7, 11) is 0. The van der Waals surface area contributed by atoms with Gasteiger partial charge in [-0.3, -0.25) is 0 Å². The third-order valence-electron chi connectivity index (χ3n) is 18.4. The maximum atomic E-state index is 10.4. The molecule has 17 rings (SSSR count). The van der Waals surface area contributed by atoms with E-state index in [4.69, 9.17) is 29.9 Å². The molecule has 4 heterocycles. The first-order chi connectivity index (χ1) is 49.4. The van der Waals surface area contributed by atoms with Gasteiger partial charge < -0.3 is 9.13 Å². The van der Waals surface area contributed by atoms with Gasteiger partial charge in [-0.05, 0) is 112 Å². The van der Waals surface area contributed by atoms with E-state index in [2.05, 4.69) is 155 Å². The Morgan fingerprint density at radius 2 is 0.510 bits per heavy atom. The van der Waals surface area contributed by atoms with Crippen LogP contribution in [-0.2, 0) is 0 Å². The molecule has 0 atom stereocenters. The van der Waals surface area contributed by atoms with Crippen molar-refractivity contribution in [3.8, 4) is 148 Å². The number of aromatic nitrogens is 8. The van der Waals surface area contributed by atoms with Crippen molar-refractivity contribution in [1.29, 1.82) is 21.0 Å². The molecule has 0 saturated heterocycles. The zero-order valence-electron chi connectivity index (χ0n) is 53.2. The van der Waals surface area contributed by atoms with Crippen LogP contribution in [0.1, 0.15) is 22.3 Å². The molecule has 0 aliphatic rings. The zero-order valence-corrected chi connectivity index (χ0v) is 53.2. The molecule has 0 bridgehead atoms. The fraction of sp³-hybridized carbons (Fsp3) is 0. The molecule has 12 heteroatoms. The first-order valence-electron chi connectivity index (χ1n) is 32.5. The molecule has 0 aliphatic heterocycles. The Hall–Kier alpha value is -14.6. The normalized spacial score (nSPS) is 11.2. The Balaban J connectivity index is 0.901. The molecule has 13 aromatic carbocycles. The molecule has 0 aliphatic carbocycles. The van der Waals surface area contributed by atoms with Gasteiger partial charge >= 0.3 is 0 Å². The molecule has 4 aromatic heterocycles. The van der Waals surface area contributed by atoms with Crippen molar-refractivity contribution in [1.82, 2.24) is 39.0 Å². The number of fused-ring (bicyclic) bond motifs is 6. The second-order valence-corrected chi connectivity index (χ2v) is 24.3. The van der Waals surface area contributed by atoms with Crippen molar-refractivity contribution in [2.75, 3.05) is 0 Å². The van der Waals surface area contributed by atoms with E-state index < -0.39 is 0 Å².